The number of methoxy groups -OCH3 is 1. The van der Waals surface area contributed by atoms with Crippen LogP contribution in [-0.2, 0) is 11.3 Å². The first kappa shape index (κ1) is 19.6. The molecule has 5 heteroatoms. The van der Waals surface area contributed by atoms with Gasteiger partial charge in [0.25, 0.3) is 0 Å². The number of ether oxygens (including phenoxy) is 1. The Morgan fingerprint density at radius 2 is 2.03 bits per heavy atom. The molecule has 152 valence electrons. The molecule has 1 aromatic heterocycles. The summed E-state index contributed by atoms with van der Waals surface area (Å²) in [7, 11) is 1.71. The maximum absolute atomic E-state index is 12.7. The van der Waals surface area contributed by atoms with Crippen molar-refractivity contribution in [1.82, 2.24) is 14.8 Å². The number of pyridine rings is 1. The van der Waals surface area contributed by atoms with Crippen molar-refractivity contribution in [2.45, 2.75) is 25.8 Å². The maximum Gasteiger partial charge on any atom is 0.246 e. The summed E-state index contributed by atoms with van der Waals surface area (Å²) in [5.41, 5.74) is 2.52. The number of hydrogen-bond donors (Lipinski definition) is 0. The van der Waals surface area contributed by atoms with Gasteiger partial charge in [-0.2, -0.15) is 0 Å². The average molecular weight is 392 g/mol. The van der Waals surface area contributed by atoms with E-state index in [9.17, 15) is 4.79 Å². The number of nitrogens with zero attached hydrogens (tertiary/aromatic N) is 3. The van der Waals surface area contributed by atoms with Crippen molar-refractivity contribution >= 4 is 12.0 Å². The third-order valence-electron chi connectivity index (χ3n) is 6.16. The summed E-state index contributed by atoms with van der Waals surface area (Å²) in [6.07, 6.45) is 10.6. The molecule has 4 rings (SSSR count). The number of benzene rings is 1. The number of hydrogen-bond acceptors (Lipinski definition) is 4. The quantitative estimate of drug-likeness (QED) is 0.731. The number of likely N-dealkylation sites (tertiary alicyclic amines) is 2. The molecule has 5 nitrogen and oxygen atoms in total. The molecule has 2 aliphatic rings. The van der Waals surface area contributed by atoms with Crippen molar-refractivity contribution in [3.8, 4) is 5.75 Å². The SMILES string of the molecule is COc1cccc(CN2CCC[C@]3(CCN(C(=O)/C=C/c4ccncc4)C3)C2)c1. The van der Waals surface area contributed by atoms with E-state index in [0.717, 1.165) is 50.5 Å². The maximum atomic E-state index is 12.7. The Bertz CT molecular complexity index is 867. The minimum Gasteiger partial charge on any atom is -0.497 e. The first-order valence-corrected chi connectivity index (χ1v) is 10.4. The van der Waals surface area contributed by atoms with Crippen molar-refractivity contribution in [2.24, 2.45) is 5.41 Å². The molecule has 2 fully saturated rings. The van der Waals surface area contributed by atoms with E-state index in [4.69, 9.17) is 4.74 Å². The third-order valence-corrected chi connectivity index (χ3v) is 6.16. The average Bonchev–Trinajstić information content (AvgIpc) is 3.16. The second-order valence-electron chi connectivity index (χ2n) is 8.29. The van der Waals surface area contributed by atoms with Crippen LogP contribution in [0.1, 0.15) is 30.4 Å². The summed E-state index contributed by atoms with van der Waals surface area (Å²) in [5.74, 6) is 1.02. The lowest BCUT2D eigenvalue weighted by molar-refractivity contribution is -0.125. The van der Waals surface area contributed by atoms with E-state index in [1.165, 1.54) is 18.4 Å². The summed E-state index contributed by atoms with van der Waals surface area (Å²) in [5, 5.41) is 0. The Balaban J connectivity index is 1.36. The summed E-state index contributed by atoms with van der Waals surface area (Å²) in [6.45, 7) is 4.83. The van der Waals surface area contributed by atoms with E-state index in [-0.39, 0.29) is 11.3 Å². The lowest BCUT2D eigenvalue weighted by Gasteiger charge is -2.40. The second kappa shape index (κ2) is 8.78. The highest BCUT2D eigenvalue weighted by Crippen LogP contribution is 2.39. The van der Waals surface area contributed by atoms with Crippen LogP contribution in [0.5, 0.6) is 5.75 Å². The van der Waals surface area contributed by atoms with Crippen molar-refractivity contribution in [3.63, 3.8) is 0 Å². The van der Waals surface area contributed by atoms with Crippen LogP contribution in [-0.4, -0.2) is 54.0 Å². The van der Waals surface area contributed by atoms with Gasteiger partial charge in [0.2, 0.25) is 5.91 Å². The molecule has 0 radical (unpaired) electrons. The molecule has 0 N–H and O–H groups in total. The van der Waals surface area contributed by atoms with Gasteiger partial charge in [-0.15, -0.1) is 0 Å². The van der Waals surface area contributed by atoms with E-state index in [2.05, 4.69) is 28.1 Å². The fraction of sp³-hybridized carbons (Fsp3) is 0.417. The lowest BCUT2D eigenvalue weighted by Crippen LogP contribution is -2.44. The van der Waals surface area contributed by atoms with Gasteiger partial charge in [-0.25, -0.2) is 0 Å². The Morgan fingerprint density at radius 3 is 2.86 bits per heavy atom. The molecule has 0 bridgehead atoms. The number of piperidine rings is 1. The molecule has 1 atom stereocenters. The van der Waals surface area contributed by atoms with E-state index in [0.29, 0.717) is 0 Å². The Kier molecular flexibility index (Phi) is 5.95. The predicted octanol–water partition coefficient (Wildman–Crippen LogP) is 3.62. The molecular formula is C24H29N3O2. The topological polar surface area (TPSA) is 45.7 Å². The van der Waals surface area contributed by atoms with Gasteiger partial charge in [0.15, 0.2) is 0 Å². The van der Waals surface area contributed by atoms with E-state index >= 15 is 0 Å². The largest absolute Gasteiger partial charge is 0.497 e. The fourth-order valence-electron chi connectivity index (χ4n) is 4.68. The first-order chi connectivity index (χ1) is 14.2. The van der Waals surface area contributed by atoms with Crippen LogP contribution < -0.4 is 4.74 Å². The lowest BCUT2D eigenvalue weighted by atomic mass is 9.79. The zero-order valence-electron chi connectivity index (χ0n) is 17.1. The number of carbonyl (C=O) groups is 1. The minimum absolute atomic E-state index is 0.114. The van der Waals surface area contributed by atoms with Crippen LogP contribution in [0.2, 0.25) is 0 Å². The molecule has 3 heterocycles. The Hall–Kier alpha value is -2.66. The highest BCUT2D eigenvalue weighted by Gasteiger charge is 2.42. The summed E-state index contributed by atoms with van der Waals surface area (Å²) < 4.78 is 5.36. The van der Waals surface area contributed by atoms with Crippen molar-refractivity contribution in [3.05, 3.63) is 66.0 Å². The fourth-order valence-corrected chi connectivity index (χ4v) is 4.68. The van der Waals surface area contributed by atoms with Crippen LogP contribution in [0, 0.1) is 5.41 Å². The standard InChI is InChI=1S/C24H29N3O2/c1-29-22-5-2-4-21(16-22)17-26-14-3-10-24(18-26)11-15-27(19-24)23(28)7-6-20-8-12-25-13-9-20/h2,4-9,12-13,16H,3,10-11,14-15,17-19H2,1H3/b7-6+/t24-/m0/s1. The molecule has 2 aliphatic heterocycles. The zero-order chi connectivity index (χ0) is 20.1. The number of carbonyl (C=O) groups excluding carboxylic acids is 1. The minimum atomic E-state index is 0.114. The first-order valence-electron chi connectivity index (χ1n) is 10.4. The molecule has 29 heavy (non-hydrogen) atoms. The van der Waals surface area contributed by atoms with E-state index in [1.807, 2.05) is 29.2 Å². The van der Waals surface area contributed by atoms with Crippen LogP contribution in [0.4, 0.5) is 0 Å². The zero-order valence-corrected chi connectivity index (χ0v) is 17.1. The van der Waals surface area contributed by atoms with Gasteiger partial charge in [0.05, 0.1) is 7.11 Å². The summed E-state index contributed by atoms with van der Waals surface area (Å²) >= 11 is 0. The van der Waals surface area contributed by atoms with Gasteiger partial charge < -0.3 is 9.64 Å². The van der Waals surface area contributed by atoms with E-state index in [1.54, 1.807) is 25.6 Å². The van der Waals surface area contributed by atoms with Crippen LogP contribution >= 0.6 is 0 Å². The van der Waals surface area contributed by atoms with Gasteiger partial charge >= 0.3 is 0 Å². The van der Waals surface area contributed by atoms with Gasteiger partial charge in [-0.05, 0) is 67.3 Å². The van der Waals surface area contributed by atoms with Crippen molar-refractivity contribution < 1.29 is 9.53 Å². The Labute approximate surface area is 173 Å². The predicted molar refractivity (Wildman–Crippen MR) is 114 cm³/mol. The molecule has 0 aliphatic carbocycles. The van der Waals surface area contributed by atoms with Crippen LogP contribution in [0.25, 0.3) is 6.08 Å². The number of amides is 1. The molecule has 0 unspecified atom stereocenters. The Morgan fingerprint density at radius 1 is 1.17 bits per heavy atom. The molecule has 1 amide bonds. The monoisotopic (exact) mass is 391 g/mol. The highest BCUT2D eigenvalue weighted by atomic mass is 16.5. The molecular weight excluding hydrogens is 362 g/mol. The van der Waals surface area contributed by atoms with Gasteiger partial charge in [-0.3, -0.25) is 14.7 Å². The molecule has 0 saturated carbocycles. The van der Waals surface area contributed by atoms with Crippen LogP contribution in [0.15, 0.2) is 54.9 Å². The summed E-state index contributed by atoms with van der Waals surface area (Å²) in [4.78, 5) is 21.3. The van der Waals surface area contributed by atoms with Gasteiger partial charge in [0.1, 0.15) is 5.75 Å². The van der Waals surface area contributed by atoms with Crippen molar-refractivity contribution in [2.75, 3.05) is 33.3 Å². The summed E-state index contributed by atoms with van der Waals surface area (Å²) in [6, 6.07) is 12.1. The normalized spacial score (nSPS) is 22.4. The molecule has 1 spiro atoms. The molecule has 1 aromatic carbocycles. The number of aromatic nitrogens is 1. The second-order valence-corrected chi connectivity index (χ2v) is 8.29. The van der Waals surface area contributed by atoms with Gasteiger partial charge in [-0.1, -0.05) is 12.1 Å². The molecule has 2 saturated heterocycles. The van der Waals surface area contributed by atoms with Gasteiger partial charge in [0, 0.05) is 50.1 Å². The smallest absolute Gasteiger partial charge is 0.246 e. The van der Waals surface area contributed by atoms with Crippen LogP contribution in [0.3, 0.4) is 0 Å². The third kappa shape index (κ3) is 4.85. The highest BCUT2D eigenvalue weighted by molar-refractivity contribution is 5.92. The molecule has 2 aromatic rings. The van der Waals surface area contributed by atoms with E-state index < -0.39 is 0 Å². The van der Waals surface area contributed by atoms with Crippen molar-refractivity contribution in [1.29, 1.82) is 0 Å². The number of rotatable bonds is 5.